The number of ether oxygens (including phenoxy) is 2. The maximum atomic E-state index is 13.2. The van der Waals surface area contributed by atoms with Crippen molar-refractivity contribution >= 4 is 62.3 Å². The molecule has 65 heavy (non-hydrogen) atoms. The van der Waals surface area contributed by atoms with E-state index in [9.17, 15) is 4.79 Å². The molecule has 1 amide bonds. The highest BCUT2D eigenvalue weighted by atomic mass is 35.5. The summed E-state index contributed by atoms with van der Waals surface area (Å²) in [6, 6.07) is 19.7. The monoisotopic (exact) mass is 989 g/mol. The van der Waals surface area contributed by atoms with Gasteiger partial charge in [-0.15, -0.1) is 11.6 Å². The fraction of sp³-hybridized carbons (Fsp3) is 0.653. The van der Waals surface area contributed by atoms with Crippen LogP contribution in [0.25, 0.3) is 0 Å². The maximum Gasteiger partial charge on any atom is 0.322 e. The van der Waals surface area contributed by atoms with Crippen LogP contribution in [-0.2, 0) is 35.7 Å². The van der Waals surface area contributed by atoms with Crippen molar-refractivity contribution in [3.8, 4) is 11.9 Å². The Hall–Kier alpha value is -2.61. The van der Waals surface area contributed by atoms with Crippen LogP contribution in [0, 0.1) is 0 Å². The quantitative estimate of drug-likeness (QED) is 0.0743. The van der Waals surface area contributed by atoms with Crippen LogP contribution in [0.3, 0.4) is 0 Å². The first kappa shape index (κ1) is 56.7. The lowest BCUT2D eigenvalue weighted by molar-refractivity contribution is -0.113. The van der Waals surface area contributed by atoms with E-state index in [2.05, 4.69) is 146 Å². The molecule has 3 rings (SSSR count). The van der Waals surface area contributed by atoms with E-state index in [4.69, 9.17) is 48.7 Å². The first-order chi connectivity index (χ1) is 29.6. The fourth-order valence-electron chi connectivity index (χ4n) is 5.59. The smallest absolute Gasteiger partial charge is 0.322 e. The predicted octanol–water partition coefficient (Wildman–Crippen LogP) is 13.4. The molecular formula is C49H85ClN4O7Si4. The molecule has 0 saturated heterocycles. The van der Waals surface area contributed by atoms with Crippen molar-refractivity contribution in [2.75, 3.05) is 29.7 Å². The minimum Gasteiger partial charge on any atom is -0.471 e. The van der Waals surface area contributed by atoms with Crippen molar-refractivity contribution in [2.24, 2.45) is 0 Å². The molecule has 0 bridgehead atoms. The number of benzene rings is 2. The number of aromatic nitrogens is 2. The number of hydrogen-bond acceptors (Lipinski definition) is 10. The predicted molar refractivity (Wildman–Crippen MR) is 281 cm³/mol. The van der Waals surface area contributed by atoms with Crippen LogP contribution in [-0.4, -0.2) is 86.5 Å². The standard InChI is InChI=1S/C49H85ClN4O7Si4/c1-46(2,3)62(13,14)58-35-39(60-64(17,18)48(7,8)9)42(61-65(19,20)49(10,11)12)38(59-63(15,16)47(4,5)6)32-51-43-41(52-40(55)31-50)44(56-33-36-27-23-21-24-28-36)54-45(53-43)57-34-37-29-25-22-26-30-37/h21-30,38-39,42H,31-35H2,1-20H3,(H,52,55)(H,51,53,54)/t38-,39+,42-/m0/s1. The third kappa shape index (κ3) is 16.3. The summed E-state index contributed by atoms with van der Waals surface area (Å²) in [6.45, 7) is 46.3. The molecule has 2 N–H and O–H groups in total. The highest BCUT2D eigenvalue weighted by molar-refractivity contribution is 6.75. The second-order valence-electron chi connectivity index (χ2n) is 23.4. The number of amides is 1. The zero-order valence-electron chi connectivity index (χ0n) is 43.7. The second-order valence-corrected chi connectivity index (χ2v) is 42.7. The van der Waals surface area contributed by atoms with Gasteiger partial charge in [-0.2, -0.15) is 9.97 Å². The van der Waals surface area contributed by atoms with E-state index < -0.39 is 57.5 Å². The first-order valence-electron chi connectivity index (χ1n) is 23.1. The van der Waals surface area contributed by atoms with Crippen molar-refractivity contribution in [1.29, 1.82) is 0 Å². The number of carbonyl (C=O) groups is 1. The highest BCUT2D eigenvalue weighted by Gasteiger charge is 2.50. The van der Waals surface area contributed by atoms with E-state index in [1.807, 2.05) is 60.7 Å². The number of nitrogens with zero attached hydrogens (tertiary/aromatic N) is 2. The first-order valence-corrected chi connectivity index (χ1v) is 35.3. The summed E-state index contributed by atoms with van der Waals surface area (Å²) >= 11 is 6.13. The molecule has 1 heterocycles. The van der Waals surface area contributed by atoms with Crippen molar-refractivity contribution in [2.45, 2.75) is 187 Å². The van der Waals surface area contributed by atoms with Gasteiger partial charge in [-0.05, 0) is 83.7 Å². The van der Waals surface area contributed by atoms with Gasteiger partial charge in [0.2, 0.25) is 11.8 Å². The van der Waals surface area contributed by atoms with Gasteiger partial charge in [0.25, 0.3) is 0 Å². The van der Waals surface area contributed by atoms with Crippen LogP contribution in [0.1, 0.15) is 94.2 Å². The van der Waals surface area contributed by atoms with Gasteiger partial charge in [-0.1, -0.05) is 144 Å². The highest BCUT2D eigenvalue weighted by Crippen LogP contribution is 2.45. The molecule has 0 spiro atoms. The normalized spacial score (nSPS) is 15.0. The third-order valence-electron chi connectivity index (χ3n) is 14.0. The Bertz CT molecular complexity index is 1960. The number of carbonyl (C=O) groups excluding carboxylic acids is 1. The summed E-state index contributed by atoms with van der Waals surface area (Å²) in [5.74, 6) is -0.311. The molecule has 0 aliphatic heterocycles. The Morgan fingerprint density at radius 3 is 1.48 bits per heavy atom. The molecule has 0 saturated carbocycles. The van der Waals surface area contributed by atoms with Gasteiger partial charge in [-0.25, -0.2) is 0 Å². The van der Waals surface area contributed by atoms with Crippen LogP contribution in [0.5, 0.6) is 11.9 Å². The van der Waals surface area contributed by atoms with Crippen LogP contribution in [0.15, 0.2) is 60.7 Å². The Morgan fingerprint density at radius 1 is 0.600 bits per heavy atom. The lowest BCUT2D eigenvalue weighted by Gasteiger charge is -2.49. The summed E-state index contributed by atoms with van der Waals surface area (Å²) in [5, 5.41) is 6.17. The van der Waals surface area contributed by atoms with Crippen molar-refractivity contribution in [3.05, 3.63) is 71.8 Å². The van der Waals surface area contributed by atoms with Crippen LogP contribution < -0.4 is 20.1 Å². The van der Waals surface area contributed by atoms with Crippen molar-refractivity contribution < 1.29 is 32.0 Å². The molecule has 0 radical (unpaired) electrons. The van der Waals surface area contributed by atoms with E-state index in [0.717, 1.165) is 11.1 Å². The molecular weight excluding hydrogens is 904 g/mol. The Morgan fingerprint density at radius 2 is 1.03 bits per heavy atom. The molecule has 3 atom stereocenters. The van der Waals surface area contributed by atoms with E-state index in [1.54, 1.807) is 0 Å². The number of nitrogens with one attached hydrogen (secondary N) is 2. The average Bonchev–Trinajstić information content (AvgIpc) is 3.18. The van der Waals surface area contributed by atoms with E-state index >= 15 is 0 Å². The molecule has 3 aromatic rings. The fourth-order valence-corrected chi connectivity index (χ4v) is 10.7. The maximum absolute atomic E-state index is 13.2. The van der Waals surface area contributed by atoms with Gasteiger partial charge in [-0.3, -0.25) is 4.79 Å². The molecule has 0 aliphatic rings. The second kappa shape index (κ2) is 22.2. The van der Waals surface area contributed by atoms with E-state index in [0.29, 0.717) is 12.4 Å². The molecule has 2 aromatic carbocycles. The minimum atomic E-state index is -2.54. The van der Waals surface area contributed by atoms with E-state index in [-0.39, 0.29) is 63.4 Å². The number of alkyl halides is 1. The number of rotatable bonds is 22. The van der Waals surface area contributed by atoms with Crippen LogP contribution >= 0.6 is 11.6 Å². The summed E-state index contributed by atoms with van der Waals surface area (Å²) in [6.07, 6.45) is -1.62. The minimum absolute atomic E-state index is 0.0274. The average molecular weight is 990 g/mol. The summed E-state index contributed by atoms with van der Waals surface area (Å²) in [5.41, 5.74) is 2.10. The third-order valence-corrected chi connectivity index (χ3v) is 32.3. The Kier molecular flexibility index (Phi) is 19.4. The SMILES string of the molecule is CC(C)(C)[Si](C)(C)OC[C@@H](O[Si](C)(C)C(C)(C)C)[C@@H](O[Si](C)(C)C(C)(C)C)[C@H](CNc1nc(OCc2ccccc2)nc(OCc2ccccc2)c1NC(=O)CCl)O[Si](C)(C)C(C)(C)C. The molecule has 1 aromatic heterocycles. The van der Waals surface area contributed by atoms with Crippen LogP contribution in [0.4, 0.5) is 11.5 Å². The largest absolute Gasteiger partial charge is 0.471 e. The van der Waals surface area contributed by atoms with Gasteiger partial charge in [0, 0.05) is 6.54 Å². The van der Waals surface area contributed by atoms with Gasteiger partial charge >= 0.3 is 6.01 Å². The van der Waals surface area contributed by atoms with Crippen molar-refractivity contribution in [1.82, 2.24) is 9.97 Å². The Labute approximate surface area is 402 Å². The summed E-state index contributed by atoms with van der Waals surface area (Å²) in [7, 11) is -9.79. The zero-order chi connectivity index (χ0) is 49.5. The van der Waals surface area contributed by atoms with Gasteiger partial charge in [0.15, 0.2) is 39.1 Å². The zero-order valence-corrected chi connectivity index (χ0v) is 48.4. The van der Waals surface area contributed by atoms with Gasteiger partial charge in [0.1, 0.15) is 24.8 Å². The number of anilines is 2. The summed E-state index contributed by atoms with van der Waals surface area (Å²) < 4.78 is 42.6. The molecule has 366 valence electrons. The van der Waals surface area contributed by atoms with Gasteiger partial charge < -0.3 is 37.8 Å². The van der Waals surface area contributed by atoms with Gasteiger partial charge in [0.05, 0.1) is 24.9 Å². The Balaban J connectivity index is 2.35. The number of halogens is 1. The molecule has 0 fully saturated rings. The molecule has 11 nitrogen and oxygen atoms in total. The summed E-state index contributed by atoms with van der Waals surface area (Å²) in [4.78, 5) is 22.8. The lowest BCUT2D eigenvalue weighted by atomic mass is 10.1. The number of hydrogen-bond donors (Lipinski definition) is 2. The molecule has 16 heteroatoms. The molecule has 0 aliphatic carbocycles. The molecule has 0 unspecified atom stereocenters. The lowest BCUT2D eigenvalue weighted by Crippen LogP contribution is -2.61. The van der Waals surface area contributed by atoms with Crippen LogP contribution in [0.2, 0.25) is 72.5 Å². The topological polar surface area (TPSA) is 122 Å². The van der Waals surface area contributed by atoms with E-state index in [1.165, 1.54) is 0 Å². The van der Waals surface area contributed by atoms with Crippen molar-refractivity contribution in [3.63, 3.8) is 0 Å².